The molecule has 0 bridgehead atoms. The predicted octanol–water partition coefficient (Wildman–Crippen LogP) is 0.524. The summed E-state index contributed by atoms with van der Waals surface area (Å²) < 4.78 is 4.91. The molecule has 0 spiro atoms. The fourth-order valence-corrected chi connectivity index (χ4v) is 1.18. The zero-order chi connectivity index (χ0) is 5.82. The Kier molecular flexibility index (Phi) is 2.07. The van der Waals surface area contributed by atoms with Crippen LogP contribution in [0.15, 0.2) is 0 Å². The molecule has 1 aliphatic rings. The molecule has 1 atom stereocenters. The maximum atomic E-state index is 8.36. The molecule has 0 saturated carbocycles. The second-order valence-electron chi connectivity index (χ2n) is 1.56. The van der Waals surface area contributed by atoms with E-state index in [1.807, 2.05) is 0 Å². The van der Waals surface area contributed by atoms with Crippen molar-refractivity contribution in [2.24, 2.45) is 0 Å². The van der Waals surface area contributed by atoms with E-state index in [2.05, 4.69) is 6.07 Å². The Bertz CT molecular complexity index is 138. The zero-order valence-corrected chi connectivity index (χ0v) is 5.27. The van der Waals surface area contributed by atoms with E-state index in [1.165, 1.54) is 0 Å². The molecule has 44 valence electrons. The van der Waals surface area contributed by atoms with Gasteiger partial charge in [-0.05, 0) is 6.42 Å². The Morgan fingerprint density at radius 1 is 1.88 bits per heavy atom. The van der Waals surface area contributed by atoms with Crippen molar-refractivity contribution in [2.45, 2.75) is 11.7 Å². The third-order valence-electron chi connectivity index (χ3n) is 0.973. The molecule has 0 saturated heterocycles. The average molecular weight is 129 g/mol. The largest absolute Gasteiger partial charge is 0.348 e. The SMILES string of the molecule is N#CC1CCOC=[SH]1. The Hall–Kier alpha value is -0.330. The van der Waals surface area contributed by atoms with Crippen molar-refractivity contribution in [1.29, 1.82) is 5.26 Å². The Labute approximate surface area is 52.0 Å². The fraction of sp³-hybridized carbons (Fsp3) is 0.600. The van der Waals surface area contributed by atoms with Gasteiger partial charge in [-0.25, -0.2) is 0 Å². The van der Waals surface area contributed by atoms with E-state index in [9.17, 15) is 0 Å². The Balaban J connectivity index is 2.46. The van der Waals surface area contributed by atoms with Gasteiger partial charge in [-0.1, -0.05) is 0 Å². The first kappa shape index (κ1) is 5.80. The molecule has 8 heavy (non-hydrogen) atoms. The van der Waals surface area contributed by atoms with Crippen LogP contribution in [0.4, 0.5) is 0 Å². The number of rotatable bonds is 0. The van der Waals surface area contributed by atoms with Gasteiger partial charge in [-0.3, -0.25) is 0 Å². The van der Waals surface area contributed by atoms with E-state index in [0.29, 0.717) is 6.61 Å². The van der Waals surface area contributed by atoms with E-state index >= 15 is 0 Å². The van der Waals surface area contributed by atoms with Gasteiger partial charge < -0.3 is 4.74 Å². The minimum atomic E-state index is 0.184. The number of nitriles is 1. The van der Waals surface area contributed by atoms with Crippen molar-refractivity contribution in [1.82, 2.24) is 0 Å². The quantitative estimate of drug-likeness (QED) is 0.382. The lowest BCUT2D eigenvalue weighted by atomic mass is 10.3. The molecule has 1 aliphatic heterocycles. The number of hydrogen-bond acceptors (Lipinski definition) is 2. The molecule has 1 heterocycles. The lowest BCUT2D eigenvalue weighted by Crippen LogP contribution is -2.07. The van der Waals surface area contributed by atoms with Crippen molar-refractivity contribution >= 4 is 16.9 Å². The van der Waals surface area contributed by atoms with Gasteiger partial charge in [0.15, 0.2) is 0 Å². The molecule has 3 heteroatoms. The van der Waals surface area contributed by atoms with Gasteiger partial charge in [0.1, 0.15) is 0 Å². The van der Waals surface area contributed by atoms with Crippen LogP contribution in [0.2, 0.25) is 0 Å². The molecular formula is C5H7NOS. The minimum absolute atomic E-state index is 0.184. The molecule has 0 fully saturated rings. The summed E-state index contributed by atoms with van der Waals surface area (Å²) in [4.78, 5) is 0. The molecule has 0 aromatic heterocycles. The van der Waals surface area contributed by atoms with E-state index in [-0.39, 0.29) is 5.25 Å². The lowest BCUT2D eigenvalue weighted by molar-refractivity contribution is 0.318. The molecule has 0 radical (unpaired) electrons. The molecular weight excluding hydrogens is 122 g/mol. The van der Waals surface area contributed by atoms with Crippen molar-refractivity contribution in [2.75, 3.05) is 6.61 Å². The van der Waals surface area contributed by atoms with Crippen molar-refractivity contribution < 1.29 is 4.74 Å². The van der Waals surface area contributed by atoms with Crippen LogP contribution < -0.4 is 0 Å². The van der Waals surface area contributed by atoms with Crippen LogP contribution in [0.5, 0.6) is 0 Å². The smallest absolute Gasteiger partial charge is 0.0881 e. The normalized spacial score (nSPS) is 28.1. The van der Waals surface area contributed by atoms with Crippen LogP contribution in [0.3, 0.4) is 0 Å². The zero-order valence-electron chi connectivity index (χ0n) is 4.37. The Morgan fingerprint density at radius 2 is 2.75 bits per heavy atom. The summed E-state index contributed by atoms with van der Waals surface area (Å²) >= 11 is 1.02. The summed E-state index contributed by atoms with van der Waals surface area (Å²) in [5, 5.41) is 8.54. The van der Waals surface area contributed by atoms with Crippen LogP contribution in [-0.4, -0.2) is 17.4 Å². The fourth-order valence-electron chi connectivity index (χ4n) is 0.521. The van der Waals surface area contributed by atoms with E-state index < -0.39 is 0 Å². The molecule has 0 aliphatic carbocycles. The van der Waals surface area contributed by atoms with Gasteiger partial charge in [0, 0.05) is 0 Å². The number of thiol groups is 1. The van der Waals surface area contributed by atoms with E-state index in [4.69, 9.17) is 10.00 Å². The molecule has 0 N–H and O–H groups in total. The summed E-state index contributed by atoms with van der Waals surface area (Å²) in [7, 11) is 0. The second kappa shape index (κ2) is 2.85. The average Bonchev–Trinajstić information content (AvgIpc) is 1.90. The maximum Gasteiger partial charge on any atom is 0.0881 e. The molecule has 2 nitrogen and oxygen atoms in total. The van der Waals surface area contributed by atoms with Crippen LogP contribution in [0.1, 0.15) is 6.42 Å². The highest BCUT2D eigenvalue weighted by Crippen LogP contribution is 2.08. The van der Waals surface area contributed by atoms with Gasteiger partial charge in [-0.15, -0.1) is 0 Å². The molecule has 0 amide bonds. The second-order valence-corrected chi connectivity index (χ2v) is 2.69. The standard InChI is InChI=1S/C5H7NOS/c6-3-5-1-2-7-4-8-5/h4-5,8H,1-2H2. The summed E-state index contributed by atoms with van der Waals surface area (Å²) in [5.74, 6) is 0. The number of nitrogens with zero attached hydrogens (tertiary/aromatic N) is 1. The van der Waals surface area contributed by atoms with Crippen molar-refractivity contribution in [3.8, 4) is 6.07 Å². The van der Waals surface area contributed by atoms with Crippen LogP contribution in [-0.2, 0) is 4.74 Å². The van der Waals surface area contributed by atoms with E-state index in [0.717, 1.165) is 17.8 Å². The van der Waals surface area contributed by atoms with E-state index in [1.54, 1.807) is 5.55 Å². The number of ether oxygens (including phenoxy) is 1. The van der Waals surface area contributed by atoms with Gasteiger partial charge in [-0.2, -0.15) is 16.6 Å². The summed E-state index contributed by atoms with van der Waals surface area (Å²) in [6.45, 7) is 0.714. The highest BCUT2D eigenvalue weighted by Gasteiger charge is 2.04. The first-order valence-electron chi connectivity index (χ1n) is 2.46. The van der Waals surface area contributed by atoms with Crippen LogP contribution >= 0.6 is 11.4 Å². The van der Waals surface area contributed by atoms with Gasteiger partial charge in [0.25, 0.3) is 0 Å². The summed E-state index contributed by atoms with van der Waals surface area (Å²) in [6, 6.07) is 2.18. The highest BCUT2D eigenvalue weighted by atomic mass is 32.1. The topological polar surface area (TPSA) is 33.0 Å². The lowest BCUT2D eigenvalue weighted by Gasteiger charge is -2.07. The molecule has 1 rings (SSSR count). The number of hydrogen-bond donors (Lipinski definition) is 1. The third-order valence-corrected chi connectivity index (χ3v) is 1.98. The van der Waals surface area contributed by atoms with Gasteiger partial charge >= 0.3 is 0 Å². The molecule has 0 aromatic carbocycles. The van der Waals surface area contributed by atoms with Crippen molar-refractivity contribution in [3.63, 3.8) is 0 Å². The third kappa shape index (κ3) is 1.32. The Morgan fingerprint density at radius 3 is 3.12 bits per heavy atom. The minimum Gasteiger partial charge on any atom is -0.348 e. The summed E-state index contributed by atoms with van der Waals surface area (Å²) in [6.07, 6.45) is 0.883. The molecule has 1 unspecified atom stereocenters. The predicted molar refractivity (Wildman–Crippen MR) is 35.0 cm³/mol. The highest BCUT2D eigenvalue weighted by molar-refractivity contribution is 7.98. The molecule has 0 aromatic rings. The van der Waals surface area contributed by atoms with Crippen LogP contribution in [0.25, 0.3) is 0 Å². The maximum absolute atomic E-state index is 8.36. The van der Waals surface area contributed by atoms with Gasteiger partial charge in [0.05, 0.1) is 23.5 Å². The first-order valence-corrected chi connectivity index (χ1v) is 3.49. The monoisotopic (exact) mass is 129 g/mol. The summed E-state index contributed by atoms with van der Waals surface area (Å²) in [5.41, 5.74) is 1.69. The van der Waals surface area contributed by atoms with Crippen LogP contribution in [0, 0.1) is 11.3 Å². The van der Waals surface area contributed by atoms with Gasteiger partial charge in [0.2, 0.25) is 0 Å². The van der Waals surface area contributed by atoms with Crippen molar-refractivity contribution in [3.05, 3.63) is 0 Å². The first-order chi connectivity index (χ1) is 3.93.